The molecule has 0 aliphatic rings. The highest BCUT2D eigenvalue weighted by Gasteiger charge is 2.11. The van der Waals surface area contributed by atoms with Gasteiger partial charge in [0, 0.05) is 5.56 Å². The van der Waals surface area contributed by atoms with Gasteiger partial charge >= 0.3 is 0 Å². The van der Waals surface area contributed by atoms with Crippen LogP contribution in [0.2, 0.25) is 0 Å². The predicted octanol–water partition coefficient (Wildman–Crippen LogP) is 4.02. The smallest absolute Gasteiger partial charge is 0.276 e. The highest BCUT2D eigenvalue weighted by Crippen LogP contribution is 2.21. The van der Waals surface area contributed by atoms with Gasteiger partial charge in [0.25, 0.3) is 5.56 Å². The van der Waals surface area contributed by atoms with Crippen molar-refractivity contribution in [1.82, 2.24) is 19.9 Å². The summed E-state index contributed by atoms with van der Waals surface area (Å²) >= 11 is 5.25. The molecule has 0 spiro atoms. The molecule has 4 aromatic rings. The molecule has 25 heavy (non-hydrogen) atoms. The minimum Gasteiger partial charge on any atom is -0.329 e. The van der Waals surface area contributed by atoms with E-state index in [2.05, 4.69) is 19.9 Å². The first kappa shape index (κ1) is 15.4. The van der Waals surface area contributed by atoms with Gasteiger partial charge in [-0.15, -0.1) is 0 Å². The zero-order valence-electron chi connectivity index (χ0n) is 13.4. The fraction of sp³-hybridized carbons (Fsp3) is 0.0526. The van der Waals surface area contributed by atoms with E-state index in [-0.39, 0.29) is 5.56 Å². The Balaban J connectivity index is 1.91. The largest absolute Gasteiger partial charge is 0.329 e. The van der Waals surface area contributed by atoms with E-state index in [0.717, 1.165) is 11.1 Å². The van der Waals surface area contributed by atoms with Crippen molar-refractivity contribution in [3.63, 3.8) is 0 Å². The van der Waals surface area contributed by atoms with E-state index < -0.39 is 0 Å². The molecule has 0 radical (unpaired) electrons. The highest BCUT2D eigenvalue weighted by molar-refractivity contribution is 7.71. The van der Waals surface area contributed by atoms with Gasteiger partial charge in [0.15, 0.2) is 10.5 Å². The number of hydrogen-bond donors (Lipinski definition) is 2. The van der Waals surface area contributed by atoms with Gasteiger partial charge in [-0.2, -0.15) is 0 Å². The van der Waals surface area contributed by atoms with E-state index in [4.69, 9.17) is 12.2 Å². The molecular weight excluding hydrogens is 332 g/mol. The molecule has 2 aromatic carbocycles. The number of benzene rings is 2. The van der Waals surface area contributed by atoms with Crippen LogP contribution in [0.25, 0.3) is 33.7 Å². The zero-order chi connectivity index (χ0) is 17.4. The molecule has 5 nitrogen and oxygen atoms in total. The third kappa shape index (κ3) is 2.99. The third-order valence-electron chi connectivity index (χ3n) is 3.95. The normalized spacial score (nSPS) is 10.9. The summed E-state index contributed by atoms with van der Waals surface area (Å²) in [5.41, 5.74) is 4.77. The van der Waals surface area contributed by atoms with Crippen molar-refractivity contribution in [3.05, 3.63) is 75.3 Å². The van der Waals surface area contributed by atoms with Crippen LogP contribution in [0, 0.1) is 11.7 Å². The van der Waals surface area contributed by atoms with E-state index in [1.165, 1.54) is 0 Å². The molecule has 0 amide bonds. The summed E-state index contributed by atoms with van der Waals surface area (Å²) in [6.45, 7) is 2.03. The van der Waals surface area contributed by atoms with Crippen LogP contribution in [0.4, 0.5) is 0 Å². The average molecular weight is 346 g/mol. The number of rotatable bonds is 2. The first-order valence-electron chi connectivity index (χ1n) is 7.78. The van der Waals surface area contributed by atoms with Gasteiger partial charge < -0.3 is 9.97 Å². The number of hydrogen-bond acceptors (Lipinski definition) is 4. The summed E-state index contributed by atoms with van der Waals surface area (Å²) in [5.74, 6) is 0. The summed E-state index contributed by atoms with van der Waals surface area (Å²) < 4.78 is 0.308. The van der Waals surface area contributed by atoms with Crippen molar-refractivity contribution in [2.45, 2.75) is 6.92 Å². The minimum absolute atomic E-state index is 0.273. The Morgan fingerprint density at radius 3 is 2.52 bits per heavy atom. The number of nitrogens with zero attached hydrogens (tertiary/aromatic N) is 2. The number of aromatic nitrogens is 4. The molecule has 0 saturated heterocycles. The lowest BCUT2D eigenvalue weighted by molar-refractivity contribution is 1.11. The van der Waals surface area contributed by atoms with Crippen LogP contribution in [0.15, 0.2) is 59.4 Å². The Morgan fingerprint density at radius 1 is 0.960 bits per heavy atom. The molecule has 0 aliphatic heterocycles. The topological polar surface area (TPSA) is 74.4 Å². The van der Waals surface area contributed by atoms with Gasteiger partial charge in [0.05, 0.1) is 22.4 Å². The molecule has 122 valence electrons. The van der Waals surface area contributed by atoms with Gasteiger partial charge in [0.1, 0.15) is 0 Å². The van der Waals surface area contributed by atoms with Crippen molar-refractivity contribution in [2.75, 3.05) is 0 Å². The fourth-order valence-electron chi connectivity index (χ4n) is 2.67. The lowest BCUT2D eigenvalue weighted by Gasteiger charge is -2.06. The van der Waals surface area contributed by atoms with E-state index in [9.17, 15) is 4.79 Å². The Bertz CT molecular complexity index is 1190. The highest BCUT2D eigenvalue weighted by atomic mass is 32.1. The van der Waals surface area contributed by atoms with Crippen LogP contribution >= 0.6 is 12.2 Å². The minimum atomic E-state index is -0.273. The number of fused-ring (bicyclic) bond motifs is 1. The second-order valence-electron chi connectivity index (χ2n) is 5.78. The van der Waals surface area contributed by atoms with E-state index in [1.54, 1.807) is 6.07 Å². The first-order valence-corrected chi connectivity index (χ1v) is 8.19. The average Bonchev–Trinajstić information content (AvgIpc) is 2.61. The molecule has 2 aromatic heterocycles. The van der Waals surface area contributed by atoms with Crippen LogP contribution in [0.5, 0.6) is 0 Å². The summed E-state index contributed by atoms with van der Waals surface area (Å²) in [6, 6.07) is 17.2. The SMILES string of the molecule is Cc1ccc(-c2cc(-c3nc4ccccc4[nH]c3=O)[nH]c(=S)n2)cc1. The number of nitrogens with one attached hydrogen (secondary N) is 2. The Labute approximate surface area is 148 Å². The van der Waals surface area contributed by atoms with Crippen molar-refractivity contribution in [3.8, 4) is 22.6 Å². The maximum Gasteiger partial charge on any atom is 0.276 e. The van der Waals surface area contributed by atoms with Gasteiger partial charge in [-0.25, -0.2) is 9.97 Å². The lowest BCUT2D eigenvalue weighted by Crippen LogP contribution is -2.12. The molecule has 0 fully saturated rings. The van der Waals surface area contributed by atoms with E-state index >= 15 is 0 Å². The molecule has 6 heteroatoms. The van der Waals surface area contributed by atoms with Crippen LogP contribution in [0.1, 0.15) is 5.56 Å². The number of para-hydroxylation sites is 2. The molecule has 0 saturated carbocycles. The third-order valence-corrected chi connectivity index (χ3v) is 4.14. The summed E-state index contributed by atoms with van der Waals surface area (Å²) in [6.07, 6.45) is 0. The second-order valence-corrected chi connectivity index (χ2v) is 6.17. The monoisotopic (exact) mass is 346 g/mol. The molecule has 2 N–H and O–H groups in total. The number of aryl methyl sites for hydroxylation is 1. The van der Waals surface area contributed by atoms with E-state index in [1.807, 2.05) is 55.5 Å². The van der Waals surface area contributed by atoms with Crippen molar-refractivity contribution < 1.29 is 0 Å². The van der Waals surface area contributed by atoms with Crippen LogP contribution < -0.4 is 5.56 Å². The molecule has 0 unspecified atom stereocenters. The van der Waals surface area contributed by atoms with Gasteiger partial charge in [0.2, 0.25) is 0 Å². The Hall–Kier alpha value is -3.12. The molecule has 0 bridgehead atoms. The predicted molar refractivity (Wildman–Crippen MR) is 101 cm³/mol. The van der Waals surface area contributed by atoms with E-state index in [0.29, 0.717) is 32.9 Å². The molecule has 2 heterocycles. The fourth-order valence-corrected chi connectivity index (χ4v) is 2.88. The van der Waals surface area contributed by atoms with Crippen molar-refractivity contribution >= 4 is 23.3 Å². The summed E-state index contributed by atoms with van der Waals surface area (Å²) in [7, 11) is 0. The summed E-state index contributed by atoms with van der Waals surface area (Å²) in [5, 5.41) is 0. The Kier molecular flexibility index (Phi) is 3.74. The number of H-pyrrole nitrogens is 2. The van der Waals surface area contributed by atoms with Crippen LogP contribution in [-0.2, 0) is 0 Å². The van der Waals surface area contributed by atoms with Crippen molar-refractivity contribution in [1.29, 1.82) is 0 Å². The zero-order valence-corrected chi connectivity index (χ0v) is 14.2. The first-order chi connectivity index (χ1) is 12.1. The van der Waals surface area contributed by atoms with Crippen LogP contribution in [-0.4, -0.2) is 19.9 Å². The van der Waals surface area contributed by atoms with Crippen LogP contribution in [0.3, 0.4) is 0 Å². The van der Waals surface area contributed by atoms with Gasteiger partial charge in [-0.05, 0) is 37.3 Å². The molecule has 4 rings (SSSR count). The molecule has 0 aliphatic carbocycles. The molecule has 0 atom stereocenters. The second kappa shape index (κ2) is 6.07. The summed E-state index contributed by atoms with van der Waals surface area (Å²) in [4.78, 5) is 27.1. The lowest BCUT2D eigenvalue weighted by atomic mass is 10.1. The maximum atomic E-state index is 12.4. The van der Waals surface area contributed by atoms with Gasteiger partial charge in [-0.3, -0.25) is 4.79 Å². The maximum absolute atomic E-state index is 12.4. The standard InChI is InChI=1S/C19H14N4OS/c1-11-6-8-12(9-7-11)15-10-16(23-19(25)22-15)17-18(24)21-14-5-3-2-4-13(14)20-17/h2-10H,1H3,(H,21,24)(H,22,23,25). The Morgan fingerprint density at radius 2 is 1.72 bits per heavy atom. The quantitative estimate of drug-likeness (QED) is 0.538. The number of aromatic amines is 2. The van der Waals surface area contributed by atoms with Crippen molar-refractivity contribution in [2.24, 2.45) is 0 Å². The van der Waals surface area contributed by atoms with Gasteiger partial charge in [-0.1, -0.05) is 42.0 Å². The molecular formula is C19H14N4OS.